The zero-order valence-electron chi connectivity index (χ0n) is 25.6. The minimum Gasteiger partial charge on any atom is -0.366 e. The van der Waals surface area contributed by atoms with E-state index in [9.17, 15) is 18.0 Å². The summed E-state index contributed by atoms with van der Waals surface area (Å²) in [5.74, 6) is -0.481. The predicted molar refractivity (Wildman–Crippen MR) is 162 cm³/mol. The van der Waals surface area contributed by atoms with E-state index in [4.69, 9.17) is 9.92 Å². The zero-order chi connectivity index (χ0) is 30.5. The molecule has 2 aromatic carbocycles. The Balaban J connectivity index is 2.46. The van der Waals surface area contributed by atoms with E-state index >= 15 is 0 Å². The lowest BCUT2D eigenvalue weighted by molar-refractivity contribution is -0.119. The largest absolute Gasteiger partial charge is 0.409 e. The first-order valence-corrected chi connectivity index (χ1v) is 15.5. The molecule has 2 amide bonds. The Morgan fingerprint density at radius 1 is 0.725 bits per heavy atom. The fourth-order valence-corrected chi connectivity index (χ4v) is 5.49. The van der Waals surface area contributed by atoms with Gasteiger partial charge in [0.2, 0.25) is 11.8 Å². The van der Waals surface area contributed by atoms with Gasteiger partial charge >= 0.3 is 10.3 Å². The number of carbonyl (C=O) groups excluding carboxylic acids is 2. The van der Waals surface area contributed by atoms with Crippen LogP contribution in [-0.4, -0.2) is 26.8 Å². The van der Waals surface area contributed by atoms with Crippen LogP contribution in [0.3, 0.4) is 0 Å². The minimum atomic E-state index is -4.50. The number of nitrogens with two attached hydrogens (primary N) is 1. The van der Waals surface area contributed by atoms with Crippen LogP contribution in [0.25, 0.3) is 0 Å². The molecule has 0 aromatic heterocycles. The average Bonchev–Trinajstić information content (AvgIpc) is 2.83. The standard InChI is InChI=1S/C31H47N3O5S/c1-17(2)22-11-24(18(3)4)28(25(12-22)19(5)6)15-29(35)34-40(37,38)39-31-26(20(7)8)13-23(33-30(36)16-32)14-27(31)21(9)10/h11-14,17-21H,15-16,32H2,1-10H3,(H,33,36)(H,34,35). The summed E-state index contributed by atoms with van der Waals surface area (Å²) < 4.78 is 34.1. The molecule has 0 aliphatic rings. The second kappa shape index (κ2) is 13.6. The highest BCUT2D eigenvalue weighted by atomic mass is 32.2. The molecular weight excluding hydrogens is 526 g/mol. The molecule has 0 heterocycles. The normalized spacial score (nSPS) is 12.1. The van der Waals surface area contributed by atoms with E-state index < -0.39 is 16.2 Å². The van der Waals surface area contributed by atoms with Crippen molar-refractivity contribution in [2.24, 2.45) is 5.73 Å². The summed E-state index contributed by atoms with van der Waals surface area (Å²) in [6, 6.07) is 7.61. The van der Waals surface area contributed by atoms with E-state index in [2.05, 4.69) is 63.7 Å². The fourth-order valence-electron chi connectivity index (χ4n) is 4.69. The van der Waals surface area contributed by atoms with Crippen molar-refractivity contribution in [1.29, 1.82) is 0 Å². The van der Waals surface area contributed by atoms with E-state index in [1.165, 1.54) is 5.56 Å². The molecule has 0 spiro atoms. The Morgan fingerprint density at radius 2 is 1.18 bits per heavy atom. The van der Waals surface area contributed by atoms with Crippen LogP contribution in [0.2, 0.25) is 0 Å². The van der Waals surface area contributed by atoms with Crippen LogP contribution >= 0.6 is 0 Å². The zero-order valence-corrected chi connectivity index (χ0v) is 26.5. The molecule has 4 N–H and O–H groups in total. The van der Waals surface area contributed by atoms with Crippen molar-refractivity contribution >= 4 is 27.8 Å². The monoisotopic (exact) mass is 573 g/mol. The molecule has 0 radical (unpaired) electrons. The number of hydrogen-bond acceptors (Lipinski definition) is 6. The molecule has 0 saturated heterocycles. The highest BCUT2D eigenvalue weighted by Crippen LogP contribution is 2.38. The lowest BCUT2D eigenvalue weighted by Crippen LogP contribution is -2.36. The van der Waals surface area contributed by atoms with Crippen molar-refractivity contribution in [2.45, 2.75) is 105 Å². The number of anilines is 1. The highest BCUT2D eigenvalue weighted by Gasteiger charge is 2.26. The van der Waals surface area contributed by atoms with Crippen LogP contribution < -0.4 is 20.0 Å². The van der Waals surface area contributed by atoms with Crippen molar-refractivity contribution < 1.29 is 22.2 Å². The molecule has 222 valence electrons. The number of carbonyl (C=O) groups is 2. The summed E-state index contributed by atoms with van der Waals surface area (Å²) in [5.41, 5.74) is 11.3. The SMILES string of the molecule is CC(C)c1cc(C(C)C)c(CC(=O)NS(=O)(=O)Oc2c(C(C)C)cc(NC(=O)CN)cc2C(C)C)c(C(C)C)c1. The topological polar surface area (TPSA) is 128 Å². The maximum Gasteiger partial charge on any atom is 0.409 e. The van der Waals surface area contributed by atoms with E-state index in [0.717, 1.165) is 16.7 Å². The van der Waals surface area contributed by atoms with Gasteiger partial charge in [-0.05, 0) is 64.0 Å². The number of amides is 2. The molecule has 0 aliphatic heterocycles. The Labute approximate surface area is 240 Å². The molecule has 0 bridgehead atoms. The Hall–Kier alpha value is -2.91. The molecule has 8 nitrogen and oxygen atoms in total. The van der Waals surface area contributed by atoms with Gasteiger partial charge < -0.3 is 15.2 Å². The van der Waals surface area contributed by atoms with E-state index in [1.807, 2.05) is 27.7 Å². The van der Waals surface area contributed by atoms with E-state index in [1.54, 1.807) is 12.1 Å². The summed E-state index contributed by atoms with van der Waals surface area (Å²) in [5, 5.41) is 2.73. The summed E-state index contributed by atoms with van der Waals surface area (Å²) in [7, 11) is -4.50. The van der Waals surface area contributed by atoms with Crippen LogP contribution in [0.5, 0.6) is 5.75 Å². The Morgan fingerprint density at radius 3 is 1.55 bits per heavy atom. The summed E-state index contributed by atoms with van der Waals surface area (Å²) >= 11 is 0. The quantitative estimate of drug-likeness (QED) is 0.278. The van der Waals surface area contributed by atoms with Crippen molar-refractivity contribution in [1.82, 2.24) is 4.72 Å². The number of rotatable bonds is 12. The predicted octanol–water partition coefficient (Wildman–Crippen LogP) is 6.18. The summed E-state index contributed by atoms with van der Waals surface area (Å²) in [6.07, 6.45) is -0.0832. The van der Waals surface area contributed by atoms with Gasteiger partial charge in [-0.15, -0.1) is 0 Å². The molecule has 2 rings (SSSR count). The molecule has 0 unspecified atom stereocenters. The van der Waals surface area contributed by atoms with Crippen molar-refractivity contribution in [3.05, 3.63) is 57.6 Å². The van der Waals surface area contributed by atoms with Crippen LogP contribution in [0, 0.1) is 0 Å². The first-order chi connectivity index (χ1) is 18.5. The Kier molecular flexibility index (Phi) is 11.3. The first-order valence-electron chi connectivity index (χ1n) is 14.1. The number of hydrogen-bond donors (Lipinski definition) is 3. The van der Waals surface area contributed by atoms with Crippen LogP contribution in [0.15, 0.2) is 24.3 Å². The second-order valence-corrected chi connectivity index (χ2v) is 13.2. The smallest absolute Gasteiger partial charge is 0.366 e. The third-order valence-corrected chi connectivity index (χ3v) is 7.74. The number of benzene rings is 2. The second-order valence-electron chi connectivity index (χ2n) is 11.9. The summed E-state index contributed by atoms with van der Waals surface area (Å²) in [6.45, 7) is 20.0. The molecule has 9 heteroatoms. The highest BCUT2D eigenvalue weighted by molar-refractivity contribution is 7.85. The average molecular weight is 574 g/mol. The maximum absolute atomic E-state index is 13.2. The van der Waals surface area contributed by atoms with E-state index in [0.29, 0.717) is 22.7 Å². The van der Waals surface area contributed by atoms with Gasteiger partial charge in [-0.1, -0.05) is 81.4 Å². The molecule has 0 aliphatic carbocycles. The third kappa shape index (κ3) is 8.54. The molecule has 0 atom stereocenters. The van der Waals surface area contributed by atoms with Gasteiger partial charge in [0, 0.05) is 16.8 Å². The van der Waals surface area contributed by atoms with Gasteiger partial charge in [0.15, 0.2) is 5.75 Å². The fraction of sp³-hybridized carbons (Fsp3) is 0.548. The van der Waals surface area contributed by atoms with Crippen LogP contribution in [0.1, 0.15) is 132 Å². The summed E-state index contributed by atoms with van der Waals surface area (Å²) in [4.78, 5) is 25.1. The Bertz CT molecular complexity index is 1270. The third-order valence-electron chi connectivity index (χ3n) is 6.88. The molecular formula is C31H47N3O5S. The van der Waals surface area contributed by atoms with Crippen LogP contribution in [0.4, 0.5) is 5.69 Å². The van der Waals surface area contributed by atoms with Crippen molar-refractivity contribution in [3.63, 3.8) is 0 Å². The lowest BCUT2D eigenvalue weighted by Gasteiger charge is -2.23. The van der Waals surface area contributed by atoms with Gasteiger partial charge in [-0.2, -0.15) is 8.42 Å². The molecule has 2 aromatic rings. The molecule has 40 heavy (non-hydrogen) atoms. The van der Waals surface area contributed by atoms with Gasteiger partial charge in [-0.25, -0.2) is 4.72 Å². The lowest BCUT2D eigenvalue weighted by atomic mass is 9.83. The van der Waals surface area contributed by atoms with E-state index in [-0.39, 0.29) is 48.3 Å². The molecule has 0 fully saturated rings. The van der Waals surface area contributed by atoms with Gasteiger partial charge in [-0.3, -0.25) is 9.59 Å². The molecule has 0 saturated carbocycles. The van der Waals surface area contributed by atoms with Gasteiger partial charge in [0.1, 0.15) is 0 Å². The van der Waals surface area contributed by atoms with Crippen molar-refractivity contribution in [3.8, 4) is 5.75 Å². The number of nitrogens with one attached hydrogen (secondary N) is 2. The van der Waals surface area contributed by atoms with Crippen molar-refractivity contribution in [2.75, 3.05) is 11.9 Å². The van der Waals surface area contributed by atoms with Gasteiger partial charge in [0.25, 0.3) is 0 Å². The van der Waals surface area contributed by atoms with Crippen LogP contribution in [-0.2, 0) is 26.3 Å². The maximum atomic E-state index is 13.2. The first kappa shape index (κ1) is 33.3. The minimum absolute atomic E-state index is 0.0832. The van der Waals surface area contributed by atoms with Gasteiger partial charge in [0.05, 0.1) is 13.0 Å².